The van der Waals surface area contributed by atoms with Crippen LogP contribution >= 0.6 is 0 Å². The normalized spacial score (nSPS) is 12.6. The Morgan fingerprint density at radius 2 is 2.18 bits per heavy atom. The number of hydrogen-bond acceptors (Lipinski definition) is 3. The molecule has 1 heterocycles. The van der Waals surface area contributed by atoms with Crippen LogP contribution in [-0.4, -0.2) is 29.5 Å². The second-order valence-corrected chi connectivity index (χ2v) is 3.93. The van der Waals surface area contributed by atoms with Crippen LogP contribution in [0.4, 0.5) is 4.39 Å². The van der Waals surface area contributed by atoms with Crippen molar-refractivity contribution in [3.05, 3.63) is 36.0 Å². The third-order valence-corrected chi connectivity index (χ3v) is 2.42. The summed E-state index contributed by atoms with van der Waals surface area (Å²) in [6.07, 6.45) is -1.07. The molecule has 1 aromatic heterocycles. The average molecular weight is 234 g/mol. The van der Waals surface area contributed by atoms with Gasteiger partial charge in [-0.05, 0) is 31.2 Å². The van der Waals surface area contributed by atoms with Gasteiger partial charge in [0.25, 0.3) is 0 Å². The molecule has 0 aliphatic carbocycles. The van der Waals surface area contributed by atoms with Gasteiger partial charge in [0, 0.05) is 11.1 Å². The molecule has 0 saturated carbocycles. The first-order valence-electron chi connectivity index (χ1n) is 5.43. The third kappa shape index (κ3) is 2.91. The van der Waals surface area contributed by atoms with Crippen molar-refractivity contribution in [3.63, 3.8) is 0 Å². The number of halogens is 1. The molecular weight excluding hydrogens is 220 g/mol. The Hall–Kier alpha value is -1.68. The van der Waals surface area contributed by atoms with Gasteiger partial charge in [-0.3, -0.25) is 4.98 Å². The van der Waals surface area contributed by atoms with Gasteiger partial charge in [0.15, 0.2) is 0 Å². The molecule has 2 aromatic rings. The Labute approximate surface area is 98.9 Å². The number of aliphatic hydroxyl groups is 1. The maximum absolute atomic E-state index is 12.0. The monoisotopic (exact) mass is 234 g/mol. The molecule has 90 valence electrons. The summed E-state index contributed by atoms with van der Waals surface area (Å²) >= 11 is 0. The van der Waals surface area contributed by atoms with Gasteiger partial charge < -0.3 is 9.84 Å². The van der Waals surface area contributed by atoms with Gasteiger partial charge in [-0.2, -0.15) is 0 Å². The molecule has 0 aliphatic heterocycles. The minimum atomic E-state index is -1.07. The van der Waals surface area contributed by atoms with Crippen molar-refractivity contribution in [3.8, 4) is 5.75 Å². The highest BCUT2D eigenvalue weighted by molar-refractivity contribution is 5.80. The number of ether oxygens (including phenoxy) is 1. The zero-order valence-corrected chi connectivity index (χ0v) is 9.56. The molecular formula is C13H14FNO2. The van der Waals surface area contributed by atoms with E-state index in [1.165, 1.54) is 0 Å². The van der Waals surface area contributed by atoms with E-state index in [2.05, 4.69) is 4.98 Å². The van der Waals surface area contributed by atoms with E-state index in [4.69, 9.17) is 9.84 Å². The summed E-state index contributed by atoms with van der Waals surface area (Å²) in [6.45, 7) is 1.09. The first-order valence-corrected chi connectivity index (χ1v) is 5.43. The minimum absolute atomic E-state index is 0.0404. The summed E-state index contributed by atoms with van der Waals surface area (Å²) in [5.74, 6) is 0.607. The number of aliphatic hydroxyl groups excluding tert-OH is 1. The SMILES string of the molecule is Cc1ccc2cc(OCC(O)C[18F])ccc2n1. The smallest absolute Gasteiger partial charge is 0.120 e. The molecule has 1 N–H and O–H groups in total. The molecule has 0 bridgehead atoms. The van der Waals surface area contributed by atoms with E-state index in [1.807, 2.05) is 31.2 Å². The summed E-state index contributed by atoms with van der Waals surface area (Å²) in [6, 6.07) is 9.31. The van der Waals surface area contributed by atoms with Crippen LogP contribution in [0.5, 0.6) is 5.75 Å². The predicted octanol–water partition coefficient (Wildman–Crippen LogP) is 2.25. The van der Waals surface area contributed by atoms with Crippen LogP contribution in [0.15, 0.2) is 30.3 Å². The molecule has 3 nitrogen and oxygen atoms in total. The van der Waals surface area contributed by atoms with Crippen LogP contribution in [0.2, 0.25) is 0 Å². The number of aromatic nitrogens is 1. The lowest BCUT2D eigenvalue weighted by Gasteiger charge is -2.09. The summed E-state index contributed by atoms with van der Waals surface area (Å²) < 4.78 is 17.3. The molecule has 0 aliphatic rings. The van der Waals surface area contributed by atoms with E-state index in [1.54, 1.807) is 6.07 Å². The number of rotatable bonds is 4. The van der Waals surface area contributed by atoms with E-state index in [9.17, 15) is 4.39 Å². The number of benzene rings is 1. The van der Waals surface area contributed by atoms with Crippen molar-refractivity contribution < 1.29 is 14.2 Å². The van der Waals surface area contributed by atoms with Gasteiger partial charge in [-0.1, -0.05) is 6.07 Å². The lowest BCUT2D eigenvalue weighted by Crippen LogP contribution is -2.19. The van der Waals surface area contributed by atoms with Crippen molar-refractivity contribution in [1.82, 2.24) is 4.98 Å². The first kappa shape index (κ1) is 11.8. The van der Waals surface area contributed by atoms with Crippen LogP contribution in [0.3, 0.4) is 0 Å². The molecule has 17 heavy (non-hydrogen) atoms. The minimum Gasteiger partial charge on any atom is -0.491 e. The number of hydrogen-bond donors (Lipinski definition) is 1. The molecule has 2 rings (SSSR count). The lowest BCUT2D eigenvalue weighted by molar-refractivity contribution is 0.0842. The van der Waals surface area contributed by atoms with Crippen molar-refractivity contribution in [2.45, 2.75) is 13.0 Å². The molecule has 0 spiro atoms. The van der Waals surface area contributed by atoms with E-state index in [0.717, 1.165) is 16.6 Å². The highest BCUT2D eigenvalue weighted by Gasteiger charge is 2.04. The fourth-order valence-electron chi connectivity index (χ4n) is 1.53. The molecule has 1 atom stereocenters. The second-order valence-electron chi connectivity index (χ2n) is 3.93. The lowest BCUT2D eigenvalue weighted by atomic mass is 10.2. The van der Waals surface area contributed by atoms with Gasteiger partial charge >= 0.3 is 0 Å². The van der Waals surface area contributed by atoms with Crippen molar-refractivity contribution in [1.29, 1.82) is 0 Å². The van der Waals surface area contributed by atoms with E-state index >= 15 is 0 Å². The quantitative estimate of drug-likeness (QED) is 0.882. The average Bonchev–Trinajstić information content (AvgIpc) is 2.35. The van der Waals surface area contributed by atoms with Crippen LogP contribution < -0.4 is 4.74 Å². The fourth-order valence-corrected chi connectivity index (χ4v) is 1.53. The topological polar surface area (TPSA) is 42.4 Å². The summed E-state index contributed by atoms with van der Waals surface area (Å²) in [5, 5.41) is 10.0. The Kier molecular flexibility index (Phi) is 3.54. The zero-order valence-electron chi connectivity index (χ0n) is 9.56. The molecule has 0 saturated heterocycles. The number of fused-ring (bicyclic) bond motifs is 1. The first-order chi connectivity index (χ1) is 8.19. The number of aryl methyl sites for hydroxylation is 1. The van der Waals surface area contributed by atoms with Crippen molar-refractivity contribution >= 4 is 10.9 Å². The molecule has 1 aromatic carbocycles. The molecule has 1 unspecified atom stereocenters. The number of alkyl halides is 1. The molecule has 0 radical (unpaired) electrons. The largest absolute Gasteiger partial charge is 0.491 e. The van der Waals surface area contributed by atoms with Crippen LogP contribution in [0, 0.1) is 6.92 Å². The highest BCUT2D eigenvalue weighted by Crippen LogP contribution is 2.19. The van der Waals surface area contributed by atoms with Crippen LogP contribution in [-0.2, 0) is 0 Å². The van der Waals surface area contributed by atoms with Crippen LogP contribution in [0.25, 0.3) is 10.9 Å². The summed E-state index contributed by atoms with van der Waals surface area (Å²) in [7, 11) is 0. The standard InChI is InChI=1S/C13H14FNO2/c1-9-2-3-10-6-12(4-5-13(10)15-9)17-8-11(16)7-14/h2-6,11,16H,7-8H2,1H3/i14-1. The van der Waals surface area contributed by atoms with E-state index in [-0.39, 0.29) is 6.61 Å². The van der Waals surface area contributed by atoms with Gasteiger partial charge in [0.1, 0.15) is 25.1 Å². The van der Waals surface area contributed by atoms with Gasteiger partial charge in [-0.15, -0.1) is 0 Å². The van der Waals surface area contributed by atoms with Gasteiger partial charge in [0.2, 0.25) is 0 Å². The zero-order chi connectivity index (χ0) is 12.3. The summed E-state index contributed by atoms with van der Waals surface area (Å²) in [4.78, 5) is 4.36. The predicted molar refractivity (Wildman–Crippen MR) is 64.0 cm³/mol. The molecule has 0 fully saturated rings. The fraction of sp³-hybridized carbons (Fsp3) is 0.308. The van der Waals surface area contributed by atoms with Gasteiger partial charge in [-0.25, -0.2) is 4.39 Å². The van der Waals surface area contributed by atoms with Crippen molar-refractivity contribution in [2.24, 2.45) is 0 Å². The maximum atomic E-state index is 12.0. The number of pyridine rings is 1. The van der Waals surface area contributed by atoms with E-state index < -0.39 is 12.8 Å². The number of nitrogens with zero attached hydrogens (tertiary/aromatic N) is 1. The highest BCUT2D eigenvalue weighted by atomic mass is 18.2. The second kappa shape index (κ2) is 5.10. The van der Waals surface area contributed by atoms with Crippen molar-refractivity contribution in [2.75, 3.05) is 13.3 Å². The maximum Gasteiger partial charge on any atom is 0.120 e. The van der Waals surface area contributed by atoms with Crippen LogP contribution in [0.1, 0.15) is 5.69 Å². The Morgan fingerprint density at radius 3 is 2.94 bits per heavy atom. The molecule has 0 amide bonds. The van der Waals surface area contributed by atoms with Gasteiger partial charge in [0.05, 0.1) is 5.52 Å². The summed E-state index contributed by atoms with van der Waals surface area (Å²) in [5.41, 5.74) is 1.85. The third-order valence-electron chi connectivity index (χ3n) is 2.42. The Balaban J connectivity index is 2.17. The Morgan fingerprint density at radius 1 is 1.35 bits per heavy atom. The molecule has 4 heteroatoms. The van der Waals surface area contributed by atoms with E-state index in [0.29, 0.717) is 5.75 Å². The Bertz CT molecular complexity index is 516.